The third-order valence-corrected chi connectivity index (χ3v) is 9.19. The number of nitrogens with zero attached hydrogens (tertiary/aromatic N) is 2. The summed E-state index contributed by atoms with van der Waals surface area (Å²) in [6.45, 7) is 4.06. The van der Waals surface area contributed by atoms with Crippen LogP contribution in [0.15, 0.2) is 66.8 Å². The second kappa shape index (κ2) is 10.2. The molecule has 1 spiro atoms. The summed E-state index contributed by atoms with van der Waals surface area (Å²) >= 11 is 0. The van der Waals surface area contributed by atoms with Crippen LogP contribution in [0.2, 0.25) is 0 Å². The number of rotatable bonds is 5. The summed E-state index contributed by atoms with van der Waals surface area (Å²) in [7, 11) is 0. The second-order valence-electron chi connectivity index (χ2n) is 11.2. The van der Waals surface area contributed by atoms with Crippen LogP contribution >= 0.6 is 0 Å². The summed E-state index contributed by atoms with van der Waals surface area (Å²) in [5.74, 6) is -2.98. The van der Waals surface area contributed by atoms with Crippen LogP contribution in [-0.2, 0) is 23.9 Å². The fourth-order valence-electron chi connectivity index (χ4n) is 7.20. The number of hydrogen-bond donors (Lipinski definition) is 1. The first-order valence-corrected chi connectivity index (χ1v) is 14.4. The summed E-state index contributed by atoms with van der Waals surface area (Å²) in [5, 5.41) is 12.4. The molecule has 0 aromatic heterocycles. The molecule has 4 aliphatic rings. The number of hydrogen-bond acceptors (Lipinski definition) is 6. The van der Waals surface area contributed by atoms with E-state index in [1.54, 1.807) is 4.90 Å². The number of ether oxygens (including phenoxy) is 2. The predicted octanol–water partition coefficient (Wildman–Crippen LogP) is 3.77. The summed E-state index contributed by atoms with van der Waals surface area (Å²) < 4.78 is 12.6. The van der Waals surface area contributed by atoms with E-state index in [9.17, 15) is 19.5 Å². The SMILES string of the molecule is CC[C@@H](CO)N1C(=O)[C@@H]2[C@@H]3C(=O)OCCC/C=C\[C@]3(CC)O[C@@]23C=CCN(c2ccc4ccccc4c2)C(=O)C13. The van der Waals surface area contributed by atoms with Crippen LogP contribution in [0.4, 0.5) is 5.69 Å². The molecule has 0 radical (unpaired) electrons. The Morgan fingerprint density at radius 2 is 1.80 bits per heavy atom. The number of aliphatic hydroxyl groups excluding tert-OH is 1. The molecule has 0 bridgehead atoms. The number of allylic oxidation sites excluding steroid dienone is 1. The topological polar surface area (TPSA) is 96.4 Å². The van der Waals surface area contributed by atoms with Gasteiger partial charge in [-0.05, 0) is 48.6 Å². The van der Waals surface area contributed by atoms with Gasteiger partial charge < -0.3 is 24.4 Å². The maximum atomic E-state index is 14.7. The van der Waals surface area contributed by atoms with Crippen molar-refractivity contribution in [1.82, 2.24) is 4.90 Å². The molecule has 4 aliphatic heterocycles. The van der Waals surface area contributed by atoms with Crippen LogP contribution in [0.5, 0.6) is 0 Å². The van der Waals surface area contributed by atoms with Gasteiger partial charge in [0.15, 0.2) is 0 Å². The Labute approximate surface area is 234 Å². The van der Waals surface area contributed by atoms with Gasteiger partial charge in [-0.3, -0.25) is 14.4 Å². The minimum absolute atomic E-state index is 0.263. The molecular weight excluding hydrogens is 508 g/mol. The first-order chi connectivity index (χ1) is 19.4. The van der Waals surface area contributed by atoms with Crippen LogP contribution in [0.25, 0.3) is 10.8 Å². The van der Waals surface area contributed by atoms with Gasteiger partial charge in [-0.2, -0.15) is 0 Å². The van der Waals surface area contributed by atoms with E-state index >= 15 is 0 Å². The summed E-state index contributed by atoms with van der Waals surface area (Å²) in [4.78, 5) is 45.9. The van der Waals surface area contributed by atoms with Gasteiger partial charge in [0.2, 0.25) is 5.91 Å². The van der Waals surface area contributed by atoms with Gasteiger partial charge in [0.05, 0.1) is 25.2 Å². The number of anilines is 1. The molecule has 0 saturated carbocycles. The Kier molecular flexibility index (Phi) is 6.79. The zero-order chi connectivity index (χ0) is 28.1. The van der Waals surface area contributed by atoms with Crippen LogP contribution < -0.4 is 4.90 Å². The fourth-order valence-corrected chi connectivity index (χ4v) is 7.20. The minimum atomic E-state index is -1.38. The molecule has 2 aromatic rings. The Morgan fingerprint density at radius 1 is 1.00 bits per heavy atom. The van der Waals surface area contributed by atoms with Crippen molar-refractivity contribution in [3.8, 4) is 0 Å². The molecule has 210 valence electrons. The molecule has 6 rings (SSSR count). The molecule has 2 saturated heterocycles. The lowest BCUT2D eigenvalue weighted by Crippen LogP contribution is -2.59. The van der Waals surface area contributed by atoms with Crippen molar-refractivity contribution >= 4 is 34.2 Å². The number of benzene rings is 2. The number of likely N-dealkylation sites (tertiary alicyclic amines) is 1. The van der Waals surface area contributed by atoms with Crippen LogP contribution in [0.3, 0.4) is 0 Å². The van der Waals surface area contributed by atoms with E-state index in [-0.39, 0.29) is 31.6 Å². The Balaban J connectivity index is 1.51. The second-order valence-corrected chi connectivity index (χ2v) is 11.2. The molecule has 1 unspecified atom stereocenters. The number of esters is 1. The summed E-state index contributed by atoms with van der Waals surface area (Å²) in [6, 6.07) is 12.2. The molecule has 40 heavy (non-hydrogen) atoms. The highest BCUT2D eigenvalue weighted by atomic mass is 16.6. The highest BCUT2D eigenvalue weighted by Gasteiger charge is 2.75. The highest BCUT2D eigenvalue weighted by Crippen LogP contribution is 2.58. The standard InChI is InChI=1S/C32H36N2O6/c1-3-23(20-35)34-27-29(37)33(24-14-13-21-11-6-7-12-22(21)19-24)17-10-16-32(27)25(28(34)36)26-30(38)39-18-9-5-8-15-31(26,4-2)40-32/h6-8,10-16,19,23,25-27,35H,3-5,9,17-18,20H2,1-2H3/b15-8-/t23-,25-,26+,27?,31-,32-/m0/s1. The number of amides is 2. The molecule has 1 N–H and O–H groups in total. The van der Waals surface area contributed by atoms with Crippen molar-refractivity contribution in [2.75, 3.05) is 24.7 Å². The van der Waals surface area contributed by atoms with E-state index < -0.39 is 41.1 Å². The molecule has 4 heterocycles. The highest BCUT2D eigenvalue weighted by molar-refractivity contribution is 6.06. The van der Waals surface area contributed by atoms with Gasteiger partial charge in [-0.1, -0.05) is 68.5 Å². The number of carbonyl (C=O) groups is 3. The monoisotopic (exact) mass is 544 g/mol. The fraction of sp³-hybridized carbons (Fsp3) is 0.469. The van der Waals surface area contributed by atoms with E-state index in [4.69, 9.17) is 9.47 Å². The molecule has 6 atom stereocenters. The lowest BCUT2D eigenvalue weighted by atomic mass is 9.73. The number of cyclic esters (lactones) is 1. The van der Waals surface area contributed by atoms with Crippen molar-refractivity contribution in [3.63, 3.8) is 0 Å². The third kappa shape index (κ3) is 3.84. The third-order valence-electron chi connectivity index (χ3n) is 9.19. The minimum Gasteiger partial charge on any atom is -0.465 e. The van der Waals surface area contributed by atoms with E-state index in [0.717, 1.165) is 17.2 Å². The molecular formula is C32H36N2O6. The molecule has 2 amide bonds. The average molecular weight is 545 g/mol. The molecule has 8 nitrogen and oxygen atoms in total. The van der Waals surface area contributed by atoms with Gasteiger partial charge in [-0.25, -0.2) is 0 Å². The lowest BCUT2D eigenvalue weighted by Gasteiger charge is -2.40. The molecule has 2 aromatic carbocycles. The normalized spacial score (nSPS) is 33.4. The predicted molar refractivity (Wildman–Crippen MR) is 150 cm³/mol. The Hall–Kier alpha value is -3.49. The van der Waals surface area contributed by atoms with Crippen LogP contribution in [-0.4, -0.2) is 70.8 Å². The van der Waals surface area contributed by atoms with Crippen LogP contribution in [0, 0.1) is 11.8 Å². The zero-order valence-corrected chi connectivity index (χ0v) is 23.0. The van der Waals surface area contributed by atoms with Gasteiger partial charge in [0.25, 0.3) is 5.91 Å². The van der Waals surface area contributed by atoms with Crippen molar-refractivity contribution in [3.05, 3.63) is 66.8 Å². The lowest BCUT2D eigenvalue weighted by molar-refractivity contribution is -0.161. The van der Waals surface area contributed by atoms with Crippen molar-refractivity contribution in [2.45, 2.75) is 62.8 Å². The van der Waals surface area contributed by atoms with Gasteiger partial charge in [0, 0.05) is 12.2 Å². The summed E-state index contributed by atoms with van der Waals surface area (Å²) in [6.07, 6.45) is 9.92. The average Bonchev–Trinajstić information content (AvgIpc) is 3.35. The van der Waals surface area contributed by atoms with E-state index in [2.05, 4.69) is 0 Å². The summed E-state index contributed by atoms with van der Waals surface area (Å²) in [5.41, 5.74) is -1.76. The van der Waals surface area contributed by atoms with Crippen molar-refractivity contribution in [2.24, 2.45) is 11.8 Å². The Morgan fingerprint density at radius 3 is 2.55 bits per heavy atom. The number of aliphatic hydroxyl groups is 1. The largest absolute Gasteiger partial charge is 0.465 e. The Bertz CT molecular complexity index is 1400. The molecule has 0 aliphatic carbocycles. The van der Waals surface area contributed by atoms with Crippen LogP contribution in [0.1, 0.15) is 39.5 Å². The van der Waals surface area contributed by atoms with E-state index in [1.807, 2.05) is 80.6 Å². The maximum Gasteiger partial charge on any atom is 0.313 e. The smallest absolute Gasteiger partial charge is 0.313 e. The zero-order valence-electron chi connectivity index (χ0n) is 23.0. The van der Waals surface area contributed by atoms with E-state index in [1.165, 1.54) is 4.90 Å². The molecule has 2 fully saturated rings. The van der Waals surface area contributed by atoms with Gasteiger partial charge >= 0.3 is 5.97 Å². The number of fused-ring (bicyclic) bond motifs is 3. The van der Waals surface area contributed by atoms with Gasteiger partial charge in [0.1, 0.15) is 23.2 Å². The maximum absolute atomic E-state index is 14.7. The quantitative estimate of drug-likeness (QED) is 0.455. The number of carbonyl (C=O) groups excluding carboxylic acids is 3. The first kappa shape index (κ1) is 26.7. The first-order valence-electron chi connectivity index (χ1n) is 14.4. The molecule has 8 heteroatoms. The van der Waals surface area contributed by atoms with Crippen molar-refractivity contribution in [1.29, 1.82) is 0 Å². The van der Waals surface area contributed by atoms with Gasteiger partial charge in [-0.15, -0.1) is 0 Å². The van der Waals surface area contributed by atoms with E-state index in [0.29, 0.717) is 24.9 Å². The van der Waals surface area contributed by atoms with Crippen molar-refractivity contribution < 1.29 is 29.0 Å².